The van der Waals surface area contributed by atoms with E-state index < -0.39 is 10.0 Å². The van der Waals surface area contributed by atoms with Crippen LogP contribution in [-0.2, 0) is 10.0 Å². The monoisotopic (exact) mass is 504 g/mol. The van der Waals surface area contributed by atoms with Crippen molar-refractivity contribution in [2.24, 2.45) is 0 Å². The molecule has 4 rings (SSSR count). The van der Waals surface area contributed by atoms with Crippen LogP contribution in [-0.4, -0.2) is 74.0 Å². The van der Waals surface area contributed by atoms with Crippen molar-refractivity contribution in [3.63, 3.8) is 0 Å². The summed E-state index contributed by atoms with van der Waals surface area (Å²) in [6.45, 7) is 7.09. The number of amides is 1. The smallest absolute Gasteiger partial charge is 0.253 e. The van der Waals surface area contributed by atoms with E-state index in [9.17, 15) is 13.2 Å². The van der Waals surface area contributed by atoms with Gasteiger partial charge in [-0.1, -0.05) is 25.2 Å². The molecule has 176 valence electrons. The molecule has 2 aromatic carbocycles. The molecule has 0 radical (unpaired) electrons. The highest BCUT2D eigenvalue weighted by atomic mass is 32.2. The minimum Gasteiger partial charge on any atom is -0.345 e. The zero-order chi connectivity index (χ0) is 23.6. The van der Waals surface area contributed by atoms with Gasteiger partial charge in [0.2, 0.25) is 10.0 Å². The highest BCUT2D eigenvalue weighted by molar-refractivity contribution is 7.98. The molecule has 7 nitrogen and oxygen atoms in total. The summed E-state index contributed by atoms with van der Waals surface area (Å²) < 4.78 is 27.9. The molecule has 1 aliphatic heterocycles. The maximum atomic E-state index is 13.0. The predicted octanol–water partition coefficient (Wildman–Crippen LogP) is 4.01. The number of hydrogen-bond acceptors (Lipinski definition) is 7. The number of sulfonamides is 1. The van der Waals surface area contributed by atoms with Crippen LogP contribution in [0.25, 0.3) is 10.2 Å². The van der Waals surface area contributed by atoms with E-state index in [-0.39, 0.29) is 10.8 Å². The summed E-state index contributed by atoms with van der Waals surface area (Å²) in [5.74, 6) is -0.0738. The zero-order valence-electron chi connectivity index (χ0n) is 19.0. The minimum atomic E-state index is -3.53. The van der Waals surface area contributed by atoms with E-state index in [4.69, 9.17) is 4.98 Å². The van der Waals surface area contributed by atoms with Crippen molar-refractivity contribution in [2.45, 2.75) is 23.6 Å². The molecule has 3 aromatic rings. The molecule has 1 fully saturated rings. The molecule has 2 heterocycles. The Hall–Kier alpha value is -2.14. The lowest BCUT2D eigenvalue weighted by Gasteiger charge is -2.34. The van der Waals surface area contributed by atoms with Gasteiger partial charge in [0.1, 0.15) is 0 Å². The second-order valence-corrected chi connectivity index (χ2v) is 11.5. The van der Waals surface area contributed by atoms with Crippen molar-refractivity contribution in [3.05, 3.63) is 48.0 Å². The zero-order valence-corrected chi connectivity index (χ0v) is 21.5. The third-order valence-electron chi connectivity index (χ3n) is 5.87. The Balaban J connectivity index is 1.41. The first-order valence-corrected chi connectivity index (χ1v) is 14.4. The van der Waals surface area contributed by atoms with Crippen LogP contribution in [0.15, 0.2) is 52.3 Å². The Morgan fingerprint density at radius 1 is 1.06 bits per heavy atom. The summed E-state index contributed by atoms with van der Waals surface area (Å²) in [5.41, 5.74) is 1.51. The molecule has 0 spiro atoms. The van der Waals surface area contributed by atoms with Crippen LogP contribution in [0, 0.1) is 0 Å². The maximum absolute atomic E-state index is 13.0. The lowest BCUT2D eigenvalue weighted by molar-refractivity contribution is 0.0746. The van der Waals surface area contributed by atoms with E-state index in [2.05, 4.69) is 29.4 Å². The van der Waals surface area contributed by atoms with Crippen LogP contribution in [0.4, 0.5) is 5.13 Å². The van der Waals surface area contributed by atoms with Crippen molar-refractivity contribution in [1.29, 1.82) is 0 Å². The molecule has 0 atom stereocenters. The number of fused-ring (bicyclic) bond motifs is 1. The lowest BCUT2D eigenvalue weighted by Crippen LogP contribution is -2.48. The molecule has 0 unspecified atom stereocenters. The average Bonchev–Trinajstić information content (AvgIpc) is 3.27. The fourth-order valence-corrected chi connectivity index (χ4v) is 6.95. The van der Waals surface area contributed by atoms with E-state index >= 15 is 0 Å². The summed E-state index contributed by atoms with van der Waals surface area (Å²) in [5, 5.41) is 0.987. The van der Waals surface area contributed by atoms with Gasteiger partial charge in [0.25, 0.3) is 5.91 Å². The van der Waals surface area contributed by atoms with Gasteiger partial charge in [-0.25, -0.2) is 13.4 Å². The van der Waals surface area contributed by atoms with Crippen LogP contribution >= 0.6 is 23.1 Å². The molecular formula is C23H28N4O3S3. The molecule has 0 aliphatic carbocycles. The number of thioether (sulfide) groups is 1. The van der Waals surface area contributed by atoms with Gasteiger partial charge in [0.05, 0.1) is 15.1 Å². The Morgan fingerprint density at radius 2 is 1.73 bits per heavy atom. The maximum Gasteiger partial charge on any atom is 0.253 e. The van der Waals surface area contributed by atoms with Gasteiger partial charge in [-0.2, -0.15) is 4.31 Å². The number of anilines is 1. The number of thiazole rings is 1. The van der Waals surface area contributed by atoms with E-state index in [1.807, 2.05) is 18.7 Å². The highest BCUT2D eigenvalue weighted by Crippen LogP contribution is 2.32. The Bertz CT molecular complexity index is 1230. The molecule has 1 saturated heterocycles. The first-order valence-electron chi connectivity index (χ1n) is 11.0. The molecule has 33 heavy (non-hydrogen) atoms. The number of aromatic nitrogens is 1. The first-order chi connectivity index (χ1) is 15.9. The van der Waals surface area contributed by atoms with Crippen LogP contribution in [0.1, 0.15) is 24.2 Å². The lowest BCUT2D eigenvalue weighted by atomic mass is 10.2. The summed E-state index contributed by atoms with van der Waals surface area (Å²) in [6, 6.07) is 12.6. The number of nitrogens with zero attached hydrogens (tertiary/aromatic N) is 4. The van der Waals surface area contributed by atoms with Crippen molar-refractivity contribution in [2.75, 3.05) is 50.4 Å². The van der Waals surface area contributed by atoms with Crippen molar-refractivity contribution >= 4 is 54.4 Å². The third-order valence-corrected chi connectivity index (χ3v) is 9.73. The Morgan fingerprint density at radius 3 is 2.33 bits per heavy atom. The van der Waals surface area contributed by atoms with Crippen LogP contribution < -0.4 is 4.90 Å². The van der Waals surface area contributed by atoms with Gasteiger partial charge < -0.3 is 9.80 Å². The Kier molecular flexibility index (Phi) is 7.28. The number of hydrogen-bond donors (Lipinski definition) is 0. The number of piperazine rings is 1. The van der Waals surface area contributed by atoms with Gasteiger partial charge in [0, 0.05) is 49.7 Å². The van der Waals surface area contributed by atoms with Crippen molar-refractivity contribution < 1.29 is 13.2 Å². The van der Waals surface area contributed by atoms with E-state index in [1.165, 1.54) is 26.0 Å². The molecule has 0 saturated carbocycles. The summed E-state index contributed by atoms with van der Waals surface area (Å²) in [7, 11) is -3.53. The molecular weight excluding hydrogens is 476 g/mol. The fraction of sp³-hybridized carbons (Fsp3) is 0.391. The van der Waals surface area contributed by atoms with E-state index in [0.29, 0.717) is 31.7 Å². The third kappa shape index (κ3) is 4.89. The number of benzene rings is 2. The van der Waals surface area contributed by atoms with E-state index in [1.54, 1.807) is 35.2 Å². The fourth-order valence-electron chi connectivity index (χ4n) is 3.92. The van der Waals surface area contributed by atoms with Crippen LogP contribution in [0.2, 0.25) is 0 Å². The van der Waals surface area contributed by atoms with Gasteiger partial charge in [-0.3, -0.25) is 4.79 Å². The predicted molar refractivity (Wildman–Crippen MR) is 136 cm³/mol. The van der Waals surface area contributed by atoms with Crippen LogP contribution in [0.3, 0.4) is 0 Å². The highest BCUT2D eigenvalue weighted by Gasteiger charge is 2.25. The summed E-state index contributed by atoms with van der Waals surface area (Å²) in [4.78, 5) is 23.3. The normalized spacial score (nSPS) is 14.9. The largest absolute Gasteiger partial charge is 0.345 e. The van der Waals surface area contributed by atoms with Gasteiger partial charge in [-0.05, 0) is 48.7 Å². The molecule has 1 aromatic heterocycles. The average molecular weight is 505 g/mol. The van der Waals surface area contributed by atoms with E-state index in [0.717, 1.165) is 23.7 Å². The first kappa shape index (κ1) is 24.0. The van der Waals surface area contributed by atoms with Gasteiger partial charge >= 0.3 is 0 Å². The number of carbonyl (C=O) groups excluding carboxylic acids is 1. The molecule has 10 heteroatoms. The van der Waals surface area contributed by atoms with Crippen LogP contribution in [0.5, 0.6) is 0 Å². The summed E-state index contributed by atoms with van der Waals surface area (Å²) in [6.07, 6.45) is 2.07. The van der Waals surface area contributed by atoms with Crippen molar-refractivity contribution in [1.82, 2.24) is 14.2 Å². The second-order valence-electron chi connectivity index (χ2n) is 7.72. The van der Waals surface area contributed by atoms with Gasteiger partial charge in [0.15, 0.2) is 5.13 Å². The SMILES string of the molecule is CCN(CC)S(=O)(=O)c1ccc(C(=O)N2CCN(c3nc4ccc(SC)cc4s3)CC2)cc1. The second kappa shape index (κ2) is 10.0. The quantitative estimate of drug-likeness (QED) is 0.453. The Labute approximate surface area is 203 Å². The number of carbonyl (C=O) groups is 1. The summed E-state index contributed by atoms with van der Waals surface area (Å²) >= 11 is 3.41. The number of rotatable bonds is 7. The molecule has 1 aliphatic rings. The minimum absolute atomic E-state index is 0.0738. The topological polar surface area (TPSA) is 73.8 Å². The molecule has 1 amide bonds. The molecule has 0 N–H and O–H groups in total. The molecule has 0 bridgehead atoms. The van der Waals surface area contributed by atoms with Crippen molar-refractivity contribution in [3.8, 4) is 0 Å². The van der Waals surface area contributed by atoms with Gasteiger partial charge in [-0.15, -0.1) is 11.8 Å². The standard InChI is InChI=1S/C23H28N4O3S3/c1-4-27(5-2)33(29,30)19-9-6-17(7-10-19)22(28)25-12-14-26(15-13-25)23-24-20-11-8-18(31-3)16-21(20)32-23/h6-11,16H,4-5,12-15H2,1-3H3.